The number of nitrogens with one attached hydrogen (secondary N) is 2. The van der Waals surface area contributed by atoms with Crippen LogP contribution in [0.25, 0.3) is 0 Å². The van der Waals surface area contributed by atoms with E-state index in [9.17, 15) is 4.79 Å². The Kier molecular flexibility index (Phi) is 7.57. The second kappa shape index (κ2) is 7.97. The molecule has 1 unspecified atom stereocenters. The highest BCUT2D eigenvalue weighted by molar-refractivity contribution is 5.72. The minimum Gasteiger partial charge on any atom is -0.395 e. The smallest absolute Gasteiger partial charge is 0.216 e. The van der Waals surface area contributed by atoms with Crippen molar-refractivity contribution in [1.82, 2.24) is 10.6 Å². The van der Waals surface area contributed by atoms with E-state index in [0.29, 0.717) is 19.7 Å². The fourth-order valence-corrected chi connectivity index (χ4v) is 0.892. The summed E-state index contributed by atoms with van der Waals surface area (Å²) < 4.78 is 4.86. The van der Waals surface area contributed by atoms with Gasteiger partial charge in [-0.1, -0.05) is 0 Å². The van der Waals surface area contributed by atoms with Crippen LogP contribution in [0.5, 0.6) is 0 Å². The van der Waals surface area contributed by atoms with Gasteiger partial charge in [0.25, 0.3) is 0 Å². The molecule has 78 valence electrons. The summed E-state index contributed by atoms with van der Waals surface area (Å²) in [5.74, 6) is -0.0471. The van der Waals surface area contributed by atoms with Crippen LogP contribution >= 0.6 is 0 Å². The molecule has 1 atom stereocenters. The van der Waals surface area contributed by atoms with Crippen LogP contribution in [0.3, 0.4) is 0 Å². The Hall–Kier alpha value is -0.650. The highest BCUT2D eigenvalue weighted by Gasteiger charge is 2.04. The molecule has 5 heteroatoms. The molecule has 0 aliphatic heterocycles. The first-order valence-electron chi connectivity index (χ1n) is 4.28. The zero-order chi connectivity index (χ0) is 10.1. The summed E-state index contributed by atoms with van der Waals surface area (Å²) in [4.78, 5) is 10.5. The van der Waals surface area contributed by atoms with Crippen molar-refractivity contribution in [3.8, 4) is 0 Å². The molecule has 0 aliphatic carbocycles. The molecule has 0 bridgehead atoms. The van der Waals surface area contributed by atoms with Crippen LogP contribution in [-0.4, -0.2) is 50.5 Å². The Morgan fingerprint density at radius 3 is 2.69 bits per heavy atom. The molecule has 0 radical (unpaired) electrons. The molecule has 0 saturated heterocycles. The lowest BCUT2D eigenvalue weighted by molar-refractivity contribution is -0.118. The average molecular weight is 190 g/mol. The van der Waals surface area contributed by atoms with E-state index in [1.807, 2.05) is 0 Å². The molecular formula is C8H18N2O3. The Morgan fingerprint density at radius 1 is 1.54 bits per heavy atom. The predicted octanol–water partition coefficient (Wildman–Crippen LogP) is -1.28. The summed E-state index contributed by atoms with van der Waals surface area (Å²) in [5, 5.41) is 14.5. The third-order valence-corrected chi connectivity index (χ3v) is 1.52. The molecule has 0 aromatic rings. The maximum atomic E-state index is 10.5. The van der Waals surface area contributed by atoms with Gasteiger partial charge in [0.05, 0.1) is 19.3 Å². The number of aliphatic hydroxyl groups is 1. The molecule has 5 nitrogen and oxygen atoms in total. The molecule has 1 amide bonds. The molecular weight excluding hydrogens is 172 g/mol. The lowest BCUT2D eigenvalue weighted by Crippen LogP contribution is -2.40. The van der Waals surface area contributed by atoms with Crippen LogP contribution in [0.4, 0.5) is 0 Å². The van der Waals surface area contributed by atoms with Crippen molar-refractivity contribution in [2.75, 3.05) is 33.4 Å². The lowest BCUT2D eigenvalue weighted by atomic mass is 10.3. The van der Waals surface area contributed by atoms with E-state index in [1.54, 1.807) is 7.11 Å². The summed E-state index contributed by atoms with van der Waals surface area (Å²) in [7, 11) is 1.58. The summed E-state index contributed by atoms with van der Waals surface area (Å²) in [6, 6.07) is -0.0567. The molecule has 0 rings (SSSR count). The summed E-state index contributed by atoms with van der Waals surface area (Å²) in [6.07, 6.45) is 0. The summed E-state index contributed by atoms with van der Waals surface area (Å²) >= 11 is 0. The number of aliphatic hydroxyl groups excluding tert-OH is 1. The molecule has 0 heterocycles. The number of hydrogen-bond acceptors (Lipinski definition) is 4. The van der Waals surface area contributed by atoms with Gasteiger partial charge in [-0.2, -0.15) is 0 Å². The van der Waals surface area contributed by atoms with Crippen LogP contribution in [0.1, 0.15) is 6.92 Å². The number of carbonyl (C=O) groups is 1. The highest BCUT2D eigenvalue weighted by Crippen LogP contribution is 1.81. The zero-order valence-corrected chi connectivity index (χ0v) is 8.17. The first kappa shape index (κ1) is 12.3. The van der Waals surface area contributed by atoms with E-state index in [4.69, 9.17) is 9.84 Å². The molecule has 3 N–H and O–H groups in total. The Balaban J connectivity index is 3.32. The van der Waals surface area contributed by atoms with Crippen LogP contribution in [0.15, 0.2) is 0 Å². The first-order valence-corrected chi connectivity index (χ1v) is 4.28. The van der Waals surface area contributed by atoms with E-state index in [1.165, 1.54) is 6.92 Å². The maximum absolute atomic E-state index is 10.5. The van der Waals surface area contributed by atoms with Gasteiger partial charge in [0.2, 0.25) is 5.91 Å². The van der Waals surface area contributed by atoms with Crippen LogP contribution in [0, 0.1) is 0 Å². The van der Waals surface area contributed by atoms with Gasteiger partial charge in [-0.3, -0.25) is 4.79 Å². The minimum atomic E-state index is -0.0567. The molecule has 13 heavy (non-hydrogen) atoms. The molecule has 0 aromatic carbocycles. The largest absolute Gasteiger partial charge is 0.395 e. The van der Waals surface area contributed by atoms with Crippen molar-refractivity contribution in [2.24, 2.45) is 0 Å². The third kappa shape index (κ3) is 7.70. The van der Waals surface area contributed by atoms with Crippen molar-refractivity contribution in [3.05, 3.63) is 0 Å². The zero-order valence-electron chi connectivity index (χ0n) is 8.17. The molecule has 0 saturated carbocycles. The van der Waals surface area contributed by atoms with Crippen molar-refractivity contribution >= 4 is 5.91 Å². The normalized spacial score (nSPS) is 12.5. The van der Waals surface area contributed by atoms with Gasteiger partial charge in [0.15, 0.2) is 0 Å². The van der Waals surface area contributed by atoms with Crippen LogP contribution < -0.4 is 10.6 Å². The molecule has 0 aliphatic rings. The van der Waals surface area contributed by atoms with Crippen molar-refractivity contribution < 1.29 is 14.6 Å². The number of amides is 1. The van der Waals surface area contributed by atoms with Crippen molar-refractivity contribution in [2.45, 2.75) is 13.0 Å². The second-order valence-electron chi connectivity index (χ2n) is 2.77. The van der Waals surface area contributed by atoms with Crippen LogP contribution in [-0.2, 0) is 9.53 Å². The van der Waals surface area contributed by atoms with Crippen LogP contribution in [0.2, 0.25) is 0 Å². The Labute approximate surface area is 78.5 Å². The number of hydrogen-bond donors (Lipinski definition) is 3. The fraction of sp³-hybridized carbons (Fsp3) is 0.875. The van der Waals surface area contributed by atoms with E-state index in [-0.39, 0.29) is 18.6 Å². The predicted molar refractivity (Wildman–Crippen MR) is 49.4 cm³/mol. The molecule has 0 fully saturated rings. The Bertz CT molecular complexity index is 141. The quantitative estimate of drug-likeness (QED) is 0.437. The summed E-state index contributed by atoms with van der Waals surface area (Å²) in [5.41, 5.74) is 0. The fourth-order valence-electron chi connectivity index (χ4n) is 0.892. The van der Waals surface area contributed by atoms with Crippen molar-refractivity contribution in [1.29, 1.82) is 0 Å². The lowest BCUT2D eigenvalue weighted by Gasteiger charge is -2.14. The molecule has 0 spiro atoms. The molecule has 0 aromatic heterocycles. The van der Waals surface area contributed by atoms with Gasteiger partial charge < -0.3 is 20.5 Å². The van der Waals surface area contributed by atoms with Gasteiger partial charge in [-0.15, -0.1) is 0 Å². The summed E-state index contributed by atoms with van der Waals surface area (Å²) in [6.45, 7) is 3.17. The minimum absolute atomic E-state index is 0.0356. The second-order valence-corrected chi connectivity index (χ2v) is 2.77. The number of carbonyl (C=O) groups excluding carboxylic acids is 1. The van der Waals surface area contributed by atoms with Crippen molar-refractivity contribution in [3.63, 3.8) is 0 Å². The van der Waals surface area contributed by atoms with E-state index in [2.05, 4.69) is 10.6 Å². The van der Waals surface area contributed by atoms with Gasteiger partial charge in [0, 0.05) is 27.1 Å². The topological polar surface area (TPSA) is 70.6 Å². The maximum Gasteiger partial charge on any atom is 0.216 e. The monoisotopic (exact) mass is 190 g/mol. The third-order valence-electron chi connectivity index (χ3n) is 1.52. The average Bonchev–Trinajstić information content (AvgIpc) is 2.10. The Morgan fingerprint density at radius 2 is 2.23 bits per heavy atom. The van der Waals surface area contributed by atoms with E-state index in [0.717, 1.165) is 0 Å². The number of rotatable bonds is 7. The van der Waals surface area contributed by atoms with E-state index < -0.39 is 0 Å². The van der Waals surface area contributed by atoms with Gasteiger partial charge in [-0.05, 0) is 0 Å². The highest BCUT2D eigenvalue weighted by atomic mass is 16.5. The number of methoxy groups -OCH3 is 1. The SMILES string of the molecule is COCC(CO)NCCNC(C)=O. The van der Waals surface area contributed by atoms with E-state index >= 15 is 0 Å². The van der Waals surface area contributed by atoms with Gasteiger partial charge in [-0.25, -0.2) is 0 Å². The van der Waals surface area contributed by atoms with Gasteiger partial charge >= 0.3 is 0 Å². The number of ether oxygens (including phenoxy) is 1. The standard InChI is InChI=1S/C8H18N2O3/c1-7(12)9-3-4-10-8(5-11)6-13-2/h8,10-11H,3-6H2,1-2H3,(H,9,12). The first-order chi connectivity index (χ1) is 6.20. The van der Waals surface area contributed by atoms with Gasteiger partial charge in [0.1, 0.15) is 0 Å².